The lowest BCUT2D eigenvalue weighted by Crippen LogP contribution is -2.59. The van der Waals surface area contributed by atoms with Crippen molar-refractivity contribution in [2.45, 2.75) is 52.1 Å². The van der Waals surface area contributed by atoms with Gasteiger partial charge in [-0.3, -0.25) is 29.2 Å². The van der Waals surface area contributed by atoms with Crippen LogP contribution in [0.15, 0.2) is 120 Å². The van der Waals surface area contributed by atoms with E-state index in [0.717, 1.165) is 56.0 Å². The van der Waals surface area contributed by atoms with Crippen LogP contribution in [0.25, 0.3) is 0 Å². The number of hydrogen-bond acceptors (Lipinski definition) is 6. The van der Waals surface area contributed by atoms with E-state index in [0.29, 0.717) is 0 Å². The van der Waals surface area contributed by atoms with Gasteiger partial charge in [0.05, 0.1) is 57.9 Å². The average Bonchev–Trinajstić information content (AvgIpc) is 3.19. The smallest absolute Gasteiger partial charge is 0.295 e. The normalized spacial score (nSPS) is 17.6. The molecule has 10 nitrogen and oxygen atoms in total. The number of ketones is 2. The van der Waals surface area contributed by atoms with E-state index in [1.807, 2.05) is 12.1 Å². The Kier molecular flexibility index (Phi) is 11.0. The molecule has 0 aliphatic carbocycles. The van der Waals surface area contributed by atoms with Crippen molar-refractivity contribution in [3.8, 4) is 12.1 Å². The Morgan fingerprint density at radius 2 is 0.932 bits per heavy atom. The predicted molar refractivity (Wildman–Crippen MR) is 202 cm³/mol. The maximum atomic E-state index is 15.0. The fraction of sp³-hybridized carbons (Fsp3) is 0.209. The second-order valence-corrected chi connectivity index (χ2v) is 13.8. The highest BCUT2D eigenvalue weighted by molar-refractivity contribution is 6.07. The molecule has 2 aliphatic heterocycles. The van der Waals surface area contributed by atoms with Crippen LogP contribution in [-0.2, 0) is 21.9 Å². The Balaban J connectivity index is 1.63. The fourth-order valence-electron chi connectivity index (χ4n) is 7.48. The average molecular weight is 811 g/mol. The maximum absolute atomic E-state index is 15.0. The van der Waals surface area contributed by atoms with Crippen molar-refractivity contribution in [2.75, 3.05) is 16.5 Å². The summed E-state index contributed by atoms with van der Waals surface area (Å²) in [6.07, 6.45) is -9.65. The molecule has 59 heavy (non-hydrogen) atoms. The Labute approximate surface area is 334 Å². The van der Waals surface area contributed by atoms with Gasteiger partial charge in [0.25, 0.3) is 0 Å². The van der Waals surface area contributed by atoms with Gasteiger partial charge in [0.15, 0.2) is 11.6 Å². The molecule has 4 aromatic rings. The number of halogens is 6. The first-order valence-electron chi connectivity index (χ1n) is 17.8. The van der Waals surface area contributed by atoms with E-state index in [2.05, 4.69) is 0 Å². The maximum Gasteiger partial charge on any atom is 0.416 e. The highest BCUT2D eigenvalue weighted by Gasteiger charge is 2.48. The molecule has 300 valence electrons. The van der Waals surface area contributed by atoms with Gasteiger partial charge in [0, 0.05) is 22.5 Å². The zero-order valence-electron chi connectivity index (χ0n) is 31.7. The van der Waals surface area contributed by atoms with E-state index in [-0.39, 0.29) is 56.2 Å². The number of benzene rings is 4. The van der Waals surface area contributed by atoms with Crippen LogP contribution in [0.5, 0.6) is 0 Å². The largest absolute Gasteiger partial charge is 0.416 e. The second-order valence-electron chi connectivity index (χ2n) is 13.8. The predicted octanol–water partition coefficient (Wildman–Crippen LogP) is 9.82. The number of nitrogens with zero attached hydrogens (tertiary/aromatic N) is 6. The zero-order chi connectivity index (χ0) is 43.1. The molecule has 2 unspecified atom stereocenters. The van der Waals surface area contributed by atoms with Gasteiger partial charge in [0.1, 0.15) is 6.67 Å². The Bertz CT molecular complexity index is 2360. The quantitative estimate of drug-likeness (QED) is 0.163. The molecule has 4 aromatic carbocycles. The van der Waals surface area contributed by atoms with E-state index in [1.165, 1.54) is 88.4 Å². The number of alkyl halides is 6. The van der Waals surface area contributed by atoms with Crippen molar-refractivity contribution in [2.24, 2.45) is 0 Å². The number of carbonyl (C=O) groups excluding carboxylic acids is 4. The van der Waals surface area contributed by atoms with Gasteiger partial charge >= 0.3 is 24.4 Å². The lowest BCUT2D eigenvalue weighted by molar-refractivity contribution is -0.138. The van der Waals surface area contributed by atoms with E-state index < -0.39 is 65.9 Å². The number of urea groups is 2. The van der Waals surface area contributed by atoms with Crippen molar-refractivity contribution in [1.29, 1.82) is 10.5 Å². The van der Waals surface area contributed by atoms with Crippen molar-refractivity contribution in [3.63, 3.8) is 0 Å². The van der Waals surface area contributed by atoms with Crippen LogP contribution < -0.4 is 9.80 Å². The molecule has 4 amide bonds. The number of Topliss-reactive ketones (excluding diaryl/α,β-unsaturated/α-hetero) is 2. The Morgan fingerprint density at radius 1 is 0.593 bits per heavy atom. The molecule has 6 rings (SSSR count). The molecule has 0 fully saturated rings. The van der Waals surface area contributed by atoms with Gasteiger partial charge in [-0.2, -0.15) is 36.9 Å². The fourth-order valence-corrected chi connectivity index (χ4v) is 7.48. The first-order valence-corrected chi connectivity index (χ1v) is 17.8. The van der Waals surface area contributed by atoms with Crippen LogP contribution in [0.4, 0.5) is 47.3 Å². The number of allylic oxidation sites excluding steroid dienone is 2. The van der Waals surface area contributed by atoms with Crippen LogP contribution in [-0.4, -0.2) is 40.1 Å². The molecule has 16 heteroatoms. The molecule has 0 spiro atoms. The molecule has 2 atom stereocenters. The van der Waals surface area contributed by atoms with Crippen LogP contribution in [0.3, 0.4) is 0 Å². The van der Waals surface area contributed by atoms with E-state index in [1.54, 1.807) is 0 Å². The number of carbonyl (C=O) groups is 4. The van der Waals surface area contributed by atoms with Crippen molar-refractivity contribution in [3.05, 3.63) is 153 Å². The summed E-state index contributed by atoms with van der Waals surface area (Å²) < 4.78 is 84.0. The third kappa shape index (κ3) is 7.77. The van der Waals surface area contributed by atoms with Gasteiger partial charge in [0.2, 0.25) is 0 Å². The first-order chi connectivity index (χ1) is 27.8. The summed E-state index contributed by atoms with van der Waals surface area (Å²) in [6.45, 7) is 4.34. The third-order valence-corrected chi connectivity index (χ3v) is 10.1. The third-order valence-electron chi connectivity index (χ3n) is 10.1. The monoisotopic (exact) mass is 810 g/mol. The molecule has 0 N–H and O–H groups in total. The van der Waals surface area contributed by atoms with Gasteiger partial charge in [-0.15, -0.1) is 0 Å². The SMILES string of the molecule is CC(=O)C1=C(C)N(c2cccc(C(F)(F)F)c2)C(=O)N(CN2C(=O)N(c3cccc(C(F)(F)F)c3)C(C)=C(C(C)=O)C2c2ccc(C#N)cc2)C1c1ccc(C#N)cc1. The molecule has 0 bridgehead atoms. The Hall–Kier alpha value is -7.20. The molecule has 0 saturated carbocycles. The van der Waals surface area contributed by atoms with E-state index in [4.69, 9.17) is 0 Å². The molecule has 2 heterocycles. The highest BCUT2D eigenvalue weighted by atomic mass is 19.4. The zero-order valence-corrected chi connectivity index (χ0v) is 31.7. The van der Waals surface area contributed by atoms with E-state index in [9.17, 15) is 46.5 Å². The van der Waals surface area contributed by atoms with Crippen molar-refractivity contribution >= 4 is 35.0 Å². The van der Waals surface area contributed by atoms with Gasteiger partial charge < -0.3 is 0 Å². The number of amides is 4. The van der Waals surface area contributed by atoms with Gasteiger partial charge in [-0.1, -0.05) is 36.4 Å². The first kappa shape index (κ1) is 41.4. The summed E-state index contributed by atoms with van der Waals surface area (Å²) in [5, 5.41) is 19.0. The topological polar surface area (TPSA) is 129 Å². The summed E-state index contributed by atoms with van der Waals surface area (Å²) in [7, 11) is 0. The minimum absolute atomic E-state index is 0.0354. The molecule has 0 saturated heterocycles. The number of anilines is 2. The number of nitriles is 2. The number of rotatable bonds is 8. The summed E-state index contributed by atoms with van der Waals surface area (Å²) in [6, 6.07) is 18.5. The summed E-state index contributed by atoms with van der Waals surface area (Å²) in [5.41, 5.74) is -2.00. The number of hydrogen-bond donors (Lipinski definition) is 0. The van der Waals surface area contributed by atoms with Crippen LogP contribution in [0.2, 0.25) is 0 Å². The van der Waals surface area contributed by atoms with Gasteiger partial charge in [-0.25, -0.2) is 9.59 Å². The molecule has 0 aromatic heterocycles. The molecular formula is C43H32F6N6O4. The van der Waals surface area contributed by atoms with Crippen molar-refractivity contribution < 1.29 is 45.5 Å². The standard InChI is InChI=1S/C43H32F6N6O4/c1-24-36(26(3)56)38(30-15-11-28(21-50)12-16-30)52(40(58)54(24)34-9-5-7-32(19-34)42(44,45)46)23-53-39(31-17-13-29(22-51)14-18-31)37(27(4)57)25(2)55(41(53)59)35-10-6-8-33(20-35)43(47,48)49/h5-20,38-39H,23H2,1-4H3. The van der Waals surface area contributed by atoms with Gasteiger partial charge in [-0.05, 0) is 99.5 Å². The molecule has 0 radical (unpaired) electrons. The van der Waals surface area contributed by atoms with Crippen LogP contribution in [0.1, 0.15) is 73.2 Å². The highest BCUT2D eigenvalue weighted by Crippen LogP contribution is 2.45. The molecule has 2 aliphatic rings. The van der Waals surface area contributed by atoms with E-state index >= 15 is 9.59 Å². The lowest BCUT2D eigenvalue weighted by Gasteiger charge is -2.48. The van der Waals surface area contributed by atoms with Crippen molar-refractivity contribution in [1.82, 2.24) is 9.80 Å². The van der Waals surface area contributed by atoms with Crippen LogP contribution in [0, 0.1) is 22.7 Å². The summed E-state index contributed by atoms with van der Waals surface area (Å²) >= 11 is 0. The minimum Gasteiger partial charge on any atom is -0.295 e. The Morgan fingerprint density at radius 3 is 1.22 bits per heavy atom. The summed E-state index contributed by atoms with van der Waals surface area (Å²) in [5.74, 6) is -1.21. The lowest BCUT2D eigenvalue weighted by atomic mass is 9.89. The second kappa shape index (κ2) is 15.6. The van der Waals surface area contributed by atoms with Crippen LogP contribution >= 0.6 is 0 Å². The summed E-state index contributed by atoms with van der Waals surface area (Å²) in [4.78, 5) is 61.4. The molecular weight excluding hydrogens is 778 g/mol. The minimum atomic E-state index is -4.82.